The maximum absolute atomic E-state index is 13.0. The van der Waals surface area contributed by atoms with E-state index in [9.17, 15) is 9.59 Å². The lowest BCUT2D eigenvalue weighted by Gasteiger charge is -2.37. The molecule has 26 heavy (non-hydrogen) atoms. The minimum Gasteiger partial charge on any atom is -0.444 e. The number of thiophene rings is 1. The molecule has 3 rings (SSSR count). The van der Waals surface area contributed by atoms with Crippen molar-refractivity contribution < 1.29 is 14.3 Å². The van der Waals surface area contributed by atoms with Crippen LogP contribution in [0.4, 0.5) is 4.79 Å². The van der Waals surface area contributed by atoms with Crippen LogP contribution in [-0.2, 0) is 16.1 Å². The fourth-order valence-corrected chi connectivity index (χ4v) is 4.27. The van der Waals surface area contributed by atoms with E-state index in [1.54, 1.807) is 16.2 Å². The second-order valence-electron chi connectivity index (χ2n) is 8.01. The lowest BCUT2D eigenvalue weighted by Crippen LogP contribution is -2.54. The fourth-order valence-electron chi connectivity index (χ4n) is 3.52. The van der Waals surface area contributed by atoms with E-state index in [1.165, 1.54) is 4.88 Å². The molecule has 0 aromatic carbocycles. The molecule has 2 aliphatic rings. The zero-order valence-corrected chi connectivity index (χ0v) is 16.8. The van der Waals surface area contributed by atoms with Gasteiger partial charge in [-0.25, -0.2) is 4.79 Å². The van der Waals surface area contributed by atoms with Gasteiger partial charge in [0.05, 0.1) is 0 Å². The van der Waals surface area contributed by atoms with Crippen molar-refractivity contribution in [3.8, 4) is 0 Å². The van der Waals surface area contributed by atoms with Crippen LogP contribution in [0.25, 0.3) is 0 Å². The van der Waals surface area contributed by atoms with Gasteiger partial charge in [-0.1, -0.05) is 6.07 Å². The summed E-state index contributed by atoms with van der Waals surface area (Å²) in [7, 11) is 0. The molecule has 1 atom stereocenters. The number of hydrogen-bond acceptors (Lipinski definition) is 5. The summed E-state index contributed by atoms with van der Waals surface area (Å²) in [5.74, 6) is 0.0733. The van der Waals surface area contributed by atoms with Gasteiger partial charge in [0.1, 0.15) is 11.6 Å². The molecule has 2 amide bonds. The number of piperazine rings is 1. The van der Waals surface area contributed by atoms with Crippen LogP contribution < -0.4 is 0 Å². The molecule has 0 radical (unpaired) electrons. The third-order valence-electron chi connectivity index (χ3n) is 4.81. The summed E-state index contributed by atoms with van der Waals surface area (Å²) in [5.41, 5.74) is -0.541. The molecule has 0 aliphatic carbocycles. The number of carbonyl (C=O) groups excluding carboxylic acids is 2. The predicted octanol–water partition coefficient (Wildman–Crippen LogP) is 2.79. The van der Waals surface area contributed by atoms with E-state index >= 15 is 0 Å². The Balaban J connectivity index is 1.53. The zero-order valence-electron chi connectivity index (χ0n) is 15.9. The van der Waals surface area contributed by atoms with Crippen LogP contribution >= 0.6 is 11.3 Å². The maximum atomic E-state index is 13.0. The van der Waals surface area contributed by atoms with Gasteiger partial charge in [0.2, 0.25) is 5.91 Å². The zero-order chi connectivity index (χ0) is 18.7. The molecule has 7 heteroatoms. The molecule has 1 unspecified atom stereocenters. The van der Waals surface area contributed by atoms with Crippen LogP contribution in [0, 0.1) is 0 Å². The van der Waals surface area contributed by atoms with Gasteiger partial charge >= 0.3 is 6.09 Å². The van der Waals surface area contributed by atoms with E-state index in [0.29, 0.717) is 6.54 Å². The summed E-state index contributed by atoms with van der Waals surface area (Å²) >= 11 is 1.77. The minimum absolute atomic E-state index is 0.0733. The number of likely N-dealkylation sites (tertiary alicyclic amines) is 1. The Morgan fingerprint density at radius 1 is 1.19 bits per heavy atom. The van der Waals surface area contributed by atoms with Crippen LogP contribution in [0.15, 0.2) is 17.5 Å². The first-order valence-corrected chi connectivity index (χ1v) is 10.2. The monoisotopic (exact) mass is 379 g/mol. The van der Waals surface area contributed by atoms with Crippen molar-refractivity contribution >= 4 is 23.3 Å². The summed E-state index contributed by atoms with van der Waals surface area (Å²) in [6.07, 6.45) is 1.21. The lowest BCUT2D eigenvalue weighted by molar-refractivity contribution is -0.137. The van der Waals surface area contributed by atoms with Crippen molar-refractivity contribution in [2.75, 3.05) is 32.7 Å². The largest absolute Gasteiger partial charge is 0.444 e. The molecule has 144 valence electrons. The van der Waals surface area contributed by atoms with Gasteiger partial charge in [0.25, 0.3) is 0 Å². The Morgan fingerprint density at radius 2 is 1.92 bits per heavy atom. The molecule has 2 fully saturated rings. The Kier molecular flexibility index (Phi) is 5.87. The molecule has 1 aromatic rings. The Bertz CT molecular complexity index is 618. The third kappa shape index (κ3) is 4.76. The minimum atomic E-state index is -0.541. The average Bonchev–Trinajstić information content (AvgIpc) is 3.24. The molecule has 2 saturated heterocycles. The number of nitrogens with zero attached hydrogens (tertiary/aromatic N) is 3. The quantitative estimate of drug-likeness (QED) is 0.810. The van der Waals surface area contributed by atoms with Crippen molar-refractivity contribution in [3.05, 3.63) is 22.4 Å². The van der Waals surface area contributed by atoms with Crippen molar-refractivity contribution in [2.24, 2.45) is 0 Å². The van der Waals surface area contributed by atoms with Gasteiger partial charge in [-0.2, -0.15) is 0 Å². The van der Waals surface area contributed by atoms with Crippen molar-refractivity contribution in [2.45, 2.75) is 51.8 Å². The highest BCUT2D eigenvalue weighted by Crippen LogP contribution is 2.23. The van der Waals surface area contributed by atoms with Gasteiger partial charge < -0.3 is 9.64 Å². The first kappa shape index (κ1) is 19.2. The Morgan fingerprint density at radius 3 is 2.54 bits per heavy atom. The number of rotatable bonds is 3. The molecule has 0 spiro atoms. The first-order chi connectivity index (χ1) is 12.3. The van der Waals surface area contributed by atoms with Gasteiger partial charge in [-0.05, 0) is 45.1 Å². The van der Waals surface area contributed by atoms with Crippen LogP contribution in [0.5, 0.6) is 0 Å². The number of amides is 2. The molecule has 1 aromatic heterocycles. The first-order valence-electron chi connectivity index (χ1n) is 9.36. The second kappa shape index (κ2) is 7.96. The molecule has 0 saturated carbocycles. The molecular weight excluding hydrogens is 350 g/mol. The molecule has 0 bridgehead atoms. The fraction of sp³-hybridized carbons (Fsp3) is 0.684. The van der Waals surface area contributed by atoms with Gasteiger partial charge in [-0.3, -0.25) is 14.6 Å². The number of ether oxygens (including phenoxy) is 1. The third-order valence-corrected chi connectivity index (χ3v) is 5.67. The van der Waals surface area contributed by atoms with Crippen LogP contribution in [0.3, 0.4) is 0 Å². The highest BCUT2D eigenvalue weighted by Gasteiger charge is 2.39. The van der Waals surface area contributed by atoms with E-state index in [2.05, 4.69) is 22.4 Å². The van der Waals surface area contributed by atoms with Gasteiger partial charge in [0.15, 0.2) is 0 Å². The number of carbonyl (C=O) groups is 2. The summed E-state index contributed by atoms with van der Waals surface area (Å²) in [4.78, 5) is 32.7. The van der Waals surface area contributed by atoms with Crippen LogP contribution in [0.1, 0.15) is 38.5 Å². The van der Waals surface area contributed by atoms with Crippen LogP contribution in [-0.4, -0.2) is 71.1 Å². The average molecular weight is 380 g/mol. The van der Waals surface area contributed by atoms with E-state index in [1.807, 2.05) is 25.7 Å². The van der Waals surface area contributed by atoms with E-state index in [4.69, 9.17) is 4.74 Å². The second-order valence-corrected chi connectivity index (χ2v) is 9.04. The van der Waals surface area contributed by atoms with E-state index in [-0.39, 0.29) is 18.0 Å². The van der Waals surface area contributed by atoms with E-state index in [0.717, 1.165) is 45.6 Å². The molecule has 0 N–H and O–H groups in total. The molecule has 2 aliphatic heterocycles. The maximum Gasteiger partial charge on any atom is 0.410 e. The SMILES string of the molecule is CC(C)(C)OC(=O)N1CCCC1C(=O)N1CCN(Cc2cccs2)CC1. The van der Waals surface area contributed by atoms with Gasteiger partial charge in [0, 0.05) is 44.1 Å². The van der Waals surface area contributed by atoms with Crippen molar-refractivity contribution in [3.63, 3.8) is 0 Å². The highest BCUT2D eigenvalue weighted by molar-refractivity contribution is 7.09. The predicted molar refractivity (Wildman–Crippen MR) is 102 cm³/mol. The normalized spacial score (nSPS) is 21.9. The summed E-state index contributed by atoms with van der Waals surface area (Å²) in [5, 5.41) is 2.10. The molecule has 3 heterocycles. The van der Waals surface area contributed by atoms with Crippen LogP contribution in [0.2, 0.25) is 0 Å². The Labute approximate surface area is 159 Å². The smallest absolute Gasteiger partial charge is 0.410 e. The summed E-state index contributed by atoms with van der Waals surface area (Å²) in [6, 6.07) is 3.86. The molecular formula is C19H29N3O3S. The lowest BCUT2D eigenvalue weighted by atomic mass is 10.1. The van der Waals surface area contributed by atoms with Gasteiger partial charge in [-0.15, -0.1) is 11.3 Å². The topological polar surface area (TPSA) is 53.1 Å². The number of hydrogen-bond donors (Lipinski definition) is 0. The van der Waals surface area contributed by atoms with Crippen molar-refractivity contribution in [1.29, 1.82) is 0 Å². The van der Waals surface area contributed by atoms with E-state index < -0.39 is 5.60 Å². The summed E-state index contributed by atoms with van der Waals surface area (Å²) < 4.78 is 5.47. The summed E-state index contributed by atoms with van der Waals surface area (Å²) in [6.45, 7) is 10.3. The highest BCUT2D eigenvalue weighted by atomic mass is 32.1. The van der Waals surface area contributed by atoms with Crippen molar-refractivity contribution in [1.82, 2.24) is 14.7 Å². The molecule has 6 nitrogen and oxygen atoms in total. The Hall–Kier alpha value is -1.60. The standard InChI is InChI=1S/C19H29N3O3S/c1-19(2,3)25-18(24)22-8-4-7-16(22)17(23)21-11-9-20(10-12-21)14-15-6-5-13-26-15/h5-6,13,16H,4,7-12,14H2,1-3H3.